The van der Waals surface area contributed by atoms with Crippen LogP contribution in [0.5, 0.6) is 5.75 Å². The summed E-state index contributed by atoms with van der Waals surface area (Å²) < 4.78 is 5.19. The molecule has 0 unspecified atom stereocenters. The molecule has 1 aliphatic heterocycles. The Balaban J connectivity index is 0.00000243. The van der Waals surface area contributed by atoms with Crippen LogP contribution in [0.1, 0.15) is 18.1 Å². The molecule has 0 fully saturated rings. The first-order chi connectivity index (χ1) is 12.2. The molecule has 5 nitrogen and oxygen atoms in total. The fourth-order valence-corrected chi connectivity index (χ4v) is 3.17. The molecular formula is C20H26ClN3O2. The molecule has 26 heavy (non-hydrogen) atoms. The summed E-state index contributed by atoms with van der Waals surface area (Å²) in [5, 5.41) is 6.41. The molecule has 6 heteroatoms. The predicted molar refractivity (Wildman–Crippen MR) is 108 cm³/mol. The van der Waals surface area contributed by atoms with Crippen LogP contribution in [-0.2, 0) is 17.8 Å². The van der Waals surface area contributed by atoms with Gasteiger partial charge in [0, 0.05) is 30.5 Å². The molecule has 1 aliphatic rings. The van der Waals surface area contributed by atoms with Crippen molar-refractivity contribution < 1.29 is 9.53 Å². The molecule has 0 bridgehead atoms. The van der Waals surface area contributed by atoms with Crippen LogP contribution < -0.4 is 15.4 Å². The van der Waals surface area contributed by atoms with Crippen LogP contribution in [0.3, 0.4) is 0 Å². The number of nitrogens with one attached hydrogen (secondary N) is 2. The highest BCUT2D eigenvalue weighted by Crippen LogP contribution is 2.27. The van der Waals surface area contributed by atoms with E-state index in [1.807, 2.05) is 24.3 Å². The highest BCUT2D eigenvalue weighted by Gasteiger charge is 2.17. The lowest BCUT2D eigenvalue weighted by atomic mass is 10.1. The summed E-state index contributed by atoms with van der Waals surface area (Å²) in [7, 11) is 1.62. The fraction of sp³-hybridized carbons (Fsp3) is 0.350. The van der Waals surface area contributed by atoms with Gasteiger partial charge in [0.15, 0.2) is 0 Å². The minimum Gasteiger partial charge on any atom is -0.497 e. The van der Waals surface area contributed by atoms with E-state index in [9.17, 15) is 4.79 Å². The quantitative estimate of drug-likeness (QED) is 0.777. The number of benzene rings is 2. The minimum absolute atomic E-state index is 0. The third kappa shape index (κ3) is 4.90. The van der Waals surface area contributed by atoms with Crippen LogP contribution in [0.15, 0.2) is 42.5 Å². The molecular weight excluding hydrogens is 350 g/mol. The molecule has 0 aliphatic carbocycles. The average Bonchev–Trinajstić information content (AvgIpc) is 3.11. The Morgan fingerprint density at radius 2 is 2.08 bits per heavy atom. The summed E-state index contributed by atoms with van der Waals surface area (Å²) in [5.74, 6) is 0.715. The van der Waals surface area contributed by atoms with Gasteiger partial charge in [0.2, 0.25) is 5.91 Å². The van der Waals surface area contributed by atoms with Gasteiger partial charge in [-0.15, -0.1) is 12.4 Å². The lowest BCUT2D eigenvalue weighted by Crippen LogP contribution is -2.33. The number of likely N-dealkylation sites (N-methyl/N-ethyl adjacent to an activating group) is 1. The maximum absolute atomic E-state index is 12.4. The molecule has 3 rings (SSSR count). The second kappa shape index (κ2) is 9.46. The summed E-state index contributed by atoms with van der Waals surface area (Å²) in [4.78, 5) is 14.5. The number of rotatable bonds is 7. The number of para-hydroxylation sites is 1. The van der Waals surface area contributed by atoms with Gasteiger partial charge in [-0.3, -0.25) is 9.69 Å². The molecule has 0 radical (unpaired) electrons. The summed E-state index contributed by atoms with van der Waals surface area (Å²) in [6, 6.07) is 13.8. The van der Waals surface area contributed by atoms with Crippen molar-refractivity contribution in [2.75, 3.05) is 37.4 Å². The van der Waals surface area contributed by atoms with Crippen LogP contribution in [0.25, 0.3) is 0 Å². The Bertz CT molecular complexity index is 752. The molecule has 0 spiro atoms. The number of hydrogen-bond donors (Lipinski definition) is 2. The normalized spacial score (nSPS) is 12.1. The lowest BCUT2D eigenvalue weighted by molar-refractivity contribution is -0.117. The number of anilines is 2. The van der Waals surface area contributed by atoms with Crippen molar-refractivity contribution in [1.82, 2.24) is 4.90 Å². The highest BCUT2D eigenvalue weighted by atomic mass is 35.5. The van der Waals surface area contributed by atoms with Gasteiger partial charge in [0.25, 0.3) is 0 Å². The molecule has 2 N–H and O–H groups in total. The number of halogens is 1. The van der Waals surface area contributed by atoms with Gasteiger partial charge in [-0.25, -0.2) is 0 Å². The zero-order chi connectivity index (χ0) is 17.6. The number of fused-ring (bicyclic) bond motifs is 1. The SMILES string of the molecule is CCN(CC(=O)Nc1cccc(OC)c1)Cc1cccc2c1NCC2.Cl. The maximum atomic E-state index is 12.4. The van der Waals surface area contributed by atoms with E-state index >= 15 is 0 Å². The van der Waals surface area contributed by atoms with Crippen molar-refractivity contribution in [2.45, 2.75) is 19.9 Å². The van der Waals surface area contributed by atoms with Gasteiger partial charge < -0.3 is 15.4 Å². The topological polar surface area (TPSA) is 53.6 Å². The Hall–Kier alpha value is -2.24. The van der Waals surface area contributed by atoms with E-state index in [2.05, 4.69) is 40.7 Å². The van der Waals surface area contributed by atoms with Crippen LogP contribution in [-0.4, -0.2) is 37.6 Å². The van der Waals surface area contributed by atoms with Crippen molar-refractivity contribution in [3.05, 3.63) is 53.6 Å². The van der Waals surface area contributed by atoms with Crippen molar-refractivity contribution >= 4 is 29.7 Å². The summed E-state index contributed by atoms with van der Waals surface area (Å²) in [6.45, 7) is 5.01. The number of methoxy groups -OCH3 is 1. The second-order valence-corrected chi connectivity index (χ2v) is 6.21. The zero-order valence-electron chi connectivity index (χ0n) is 15.2. The molecule has 1 heterocycles. The maximum Gasteiger partial charge on any atom is 0.238 e. The van der Waals surface area contributed by atoms with E-state index in [0.717, 1.165) is 37.5 Å². The van der Waals surface area contributed by atoms with Crippen LogP contribution in [0.4, 0.5) is 11.4 Å². The molecule has 2 aromatic rings. The Labute approximate surface area is 161 Å². The average molecular weight is 376 g/mol. The first kappa shape index (κ1) is 20.1. The third-order valence-electron chi connectivity index (χ3n) is 4.50. The monoisotopic (exact) mass is 375 g/mol. The van der Waals surface area contributed by atoms with E-state index in [-0.39, 0.29) is 18.3 Å². The molecule has 0 saturated heterocycles. The van der Waals surface area contributed by atoms with E-state index in [1.165, 1.54) is 16.8 Å². The van der Waals surface area contributed by atoms with Gasteiger partial charge in [-0.2, -0.15) is 0 Å². The summed E-state index contributed by atoms with van der Waals surface area (Å²) in [5.41, 5.74) is 4.62. The van der Waals surface area contributed by atoms with Crippen molar-refractivity contribution in [3.63, 3.8) is 0 Å². The Morgan fingerprint density at radius 3 is 2.85 bits per heavy atom. The van der Waals surface area contributed by atoms with Crippen molar-refractivity contribution in [2.24, 2.45) is 0 Å². The summed E-state index contributed by atoms with van der Waals surface area (Å²) >= 11 is 0. The molecule has 0 saturated carbocycles. The van der Waals surface area contributed by atoms with Crippen molar-refractivity contribution in [1.29, 1.82) is 0 Å². The van der Waals surface area contributed by atoms with Gasteiger partial charge in [0.05, 0.1) is 13.7 Å². The molecule has 0 aromatic heterocycles. The second-order valence-electron chi connectivity index (χ2n) is 6.21. The van der Waals surface area contributed by atoms with Gasteiger partial charge in [-0.1, -0.05) is 31.2 Å². The number of carbonyl (C=O) groups is 1. The number of carbonyl (C=O) groups excluding carboxylic acids is 1. The van der Waals surface area contributed by atoms with Gasteiger partial charge in [0.1, 0.15) is 5.75 Å². The van der Waals surface area contributed by atoms with E-state index in [1.54, 1.807) is 7.11 Å². The number of nitrogens with zero attached hydrogens (tertiary/aromatic N) is 1. The number of ether oxygens (including phenoxy) is 1. The van der Waals surface area contributed by atoms with Gasteiger partial charge in [-0.05, 0) is 36.2 Å². The van der Waals surface area contributed by atoms with E-state index in [4.69, 9.17) is 4.74 Å². The van der Waals surface area contributed by atoms with Crippen molar-refractivity contribution in [3.8, 4) is 5.75 Å². The predicted octanol–water partition coefficient (Wildman–Crippen LogP) is 3.55. The molecule has 0 atom stereocenters. The molecule has 2 aromatic carbocycles. The fourth-order valence-electron chi connectivity index (χ4n) is 3.17. The highest BCUT2D eigenvalue weighted by molar-refractivity contribution is 5.92. The largest absolute Gasteiger partial charge is 0.497 e. The first-order valence-corrected chi connectivity index (χ1v) is 8.70. The van der Waals surface area contributed by atoms with E-state index in [0.29, 0.717) is 6.54 Å². The van der Waals surface area contributed by atoms with Crippen LogP contribution in [0, 0.1) is 0 Å². The Kier molecular flexibility index (Phi) is 7.30. The minimum atomic E-state index is -0.0179. The zero-order valence-corrected chi connectivity index (χ0v) is 16.1. The number of hydrogen-bond acceptors (Lipinski definition) is 4. The smallest absolute Gasteiger partial charge is 0.238 e. The molecule has 140 valence electrons. The van der Waals surface area contributed by atoms with Crippen LogP contribution >= 0.6 is 12.4 Å². The summed E-state index contributed by atoms with van der Waals surface area (Å²) in [6.07, 6.45) is 1.08. The van der Waals surface area contributed by atoms with Gasteiger partial charge >= 0.3 is 0 Å². The lowest BCUT2D eigenvalue weighted by Gasteiger charge is -2.21. The standard InChI is InChI=1S/C20H25N3O2.ClH/c1-3-23(13-16-7-4-6-15-10-11-21-20(15)16)14-19(24)22-17-8-5-9-18(12-17)25-2;/h4-9,12,21H,3,10-11,13-14H2,1-2H3,(H,22,24);1H. The first-order valence-electron chi connectivity index (χ1n) is 8.70. The Morgan fingerprint density at radius 1 is 1.27 bits per heavy atom. The van der Waals surface area contributed by atoms with Crippen LogP contribution in [0.2, 0.25) is 0 Å². The third-order valence-corrected chi connectivity index (χ3v) is 4.50. The number of amides is 1. The van der Waals surface area contributed by atoms with E-state index < -0.39 is 0 Å². The molecule has 1 amide bonds.